The number of hydrogen-bond donors (Lipinski definition) is 0. The van der Waals surface area contributed by atoms with E-state index in [1.807, 2.05) is 20.8 Å². The molecule has 136 valence electrons. The number of carbonyl (C=O) groups excluding carboxylic acids is 2. The summed E-state index contributed by atoms with van der Waals surface area (Å²) in [7, 11) is 1.76. The average molecular weight is 348 g/mol. The first-order valence-corrected chi connectivity index (χ1v) is 8.39. The second kappa shape index (κ2) is 6.46. The number of amides is 2. The Morgan fingerprint density at radius 2 is 1.96 bits per heavy atom. The maximum atomic E-state index is 12.7. The molecule has 25 heavy (non-hydrogen) atoms. The molecule has 0 bridgehead atoms. The van der Waals surface area contributed by atoms with Gasteiger partial charge in [0.05, 0.1) is 6.04 Å². The number of carbonyl (C=O) groups is 2. The first-order chi connectivity index (χ1) is 11.7. The van der Waals surface area contributed by atoms with Crippen LogP contribution in [0.4, 0.5) is 4.79 Å². The van der Waals surface area contributed by atoms with Crippen molar-refractivity contribution in [1.82, 2.24) is 9.80 Å². The van der Waals surface area contributed by atoms with Gasteiger partial charge in [-0.3, -0.25) is 4.79 Å². The number of nitrogens with zero attached hydrogens (tertiary/aromatic N) is 2. The Kier molecular flexibility index (Phi) is 4.49. The largest absolute Gasteiger partial charge is 0.454 e. The zero-order chi connectivity index (χ0) is 18.2. The van der Waals surface area contributed by atoms with Gasteiger partial charge in [0, 0.05) is 25.7 Å². The molecule has 0 aliphatic carbocycles. The van der Waals surface area contributed by atoms with Crippen LogP contribution in [0.3, 0.4) is 0 Å². The number of benzene rings is 1. The molecule has 2 aliphatic heterocycles. The lowest BCUT2D eigenvalue weighted by atomic mass is 10.1. The fourth-order valence-corrected chi connectivity index (χ4v) is 2.95. The summed E-state index contributed by atoms with van der Waals surface area (Å²) in [6.45, 7) is 6.76. The molecule has 7 nitrogen and oxygen atoms in total. The molecule has 3 rings (SSSR count). The van der Waals surface area contributed by atoms with Crippen LogP contribution >= 0.6 is 0 Å². The monoisotopic (exact) mass is 348 g/mol. The lowest BCUT2D eigenvalue weighted by Crippen LogP contribution is -2.41. The van der Waals surface area contributed by atoms with E-state index in [-0.39, 0.29) is 24.8 Å². The molecule has 0 aromatic heterocycles. The molecule has 2 amide bonds. The first-order valence-electron chi connectivity index (χ1n) is 8.39. The van der Waals surface area contributed by atoms with Crippen molar-refractivity contribution in [3.63, 3.8) is 0 Å². The summed E-state index contributed by atoms with van der Waals surface area (Å²) < 4.78 is 16.0. The fourth-order valence-electron chi connectivity index (χ4n) is 2.95. The van der Waals surface area contributed by atoms with Gasteiger partial charge in [-0.25, -0.2) is 4.79 Å². The van der Waals surface area contributed by atoms with Gasteiger partial charge in [-0.2, -0.15) is 0 Å². The molecule has 1 atom stereocenters. The highest BCUT2D eigenvalue weighted by Crippen LogP contribution is 2.33. The predicted octanol–water partition coefficient (Wildman–Crippen LogP) is 2.50. The number of likely N-dealkylation sites (N-methyl/N-ethyl adjacent to an activating group) is 1. The summed E-state index contributed by atoms with van der Waals surface area (Å²) >= 11 is 0. The van der Waals surface area contributed by atoms with Crippen molar-refractivity contribution >= 4 is 12.0 Å². The minimum Gasteiger partial charge on any atom is -0.454 e. The van der Waals surface area contributed by atoms with Crippen LogP contribution < -0.4 is 9.47 Å². The summed E-state index contributed by atoms with van der Waals surface area (Å²) in [4.78, 5) is 28.2. The fraction of sp³-hybridized carbons (Fsp3) is 0.556. The van der Waals surface area contributed by atoms with Crippen molar-refractivity contribution in [1.29, 1.82) is 0 Å². The second-order valence-corrected chi connectivity index (χ2v) is 7.35. The van der Waals surface area contributed by atoms with Gasteiger partial charge in [-0.15, -0.1) is 0 Å². The van der Waals surface area contributed by atoms with Gasteiger partial charge >= 0.3 is 6.09 Å². The van der Waals surface area contributed by atoms with Crippen molar-refractivity contribution in [2.45, 2.75) is 38.8 Å². The number of hydrogen-bond acceptors (Lipinski definition) is 5. The smallest absolute Gasteiger partial charge is 0.410 e. The van der Waals surface area contributed by atoms with Crippen LogP contribution in [-0.4, -0.2) is 60.4 Å². The van der Waals surface area contributed by atoms with E-state index < -0.39 is 5.60 Å². The Morgan fingerprint density at radius 3 is 2.68 bits per heavy atom. The molecule has 0 saturated carbocycles. The molecule has 0 N–H and O–H groups in total. The third-order valence-corrected chi connectivity index (χ3v) is 4.30. The van der Waals surface area contributed by atoms with E-state index in [0.29, 0.717) is 30.2 Å². The van der Waals surface area contributed by atoms with Crippen molar-refractivity contribution < 1.29 is 23.8 Å². The third-order valence-electron chi connectivity index (χ3n) is 4.30. The predicted molar refractivity (Wildman–Crippen MR) is 90.9 cm³/mol. The van der Waals surface area contributed by atoms with Crippen LogP contribution in [0, 0.1) is 0 Å². The minimum absolute atomic E-state index is 0.0366. The summed E-state index contributed by atoms with van der Waals surface area (Å²) in [5.74, 6) is 1.13. The van der Waals surface area contributed by atoms with Crippen molar-refractivity contribution in [3.8, 4) is 11.5 Å². The molecule has 2 heterocycles. The second-order valence-electron chi connectivity index (χ2n) is 7.35. The van der Waals surface area contributed by atoms with E-state index in [4.69, 9.17) is 14.2 Å². The Bertz CT molecular complexity index is 683. The van der Waals surface area contributed by atoms with Crippen molar-refractivity contribution in [3.05, 3.63) is 23.8 Å². The van der Waals surface area contributed by atoms with Gasteiger partial charge in [-0.1, -0.05) is 0 Å². The molecular formula is C18H24N2O5. The van der Waals surface area contributed by atoms with Crippen molar-refractivity contribution in [2.24, 2.45) is 0 Å². The minimum atomic E-state index is -0.524. The number of fused-ring (bicyclic) bond motifs is 1. The van der Waals surface area contributed by atoms with E-state index in [2.05, 4.69) is 0 Å². The van der Waals surface area contributed by atoms with E-state index in [1.165, 1.54) is 0 Å². The quantitative estimate of drug-likeness (QED) is 0.821. The third kappa shape index (κ3) is 3.81. The lowest BCUT2D eigenvalue weighted by Gasteiger charge is -2.27. The van der Waals surface area contributed by atoms with E-state index in [9.17, 15) is 9.59 Å². The number of ether oxygens (including phenoxy) is 3. The molecule has 1 aromatic carbocycles. The van der Waals surface area contributed by atoms with Crippen LogP contribution in [0.1, 0.15) is 37.6 Å². The van der Waals surface area contributed by atoms with Crippen molar-refractivity contribution in [2.75, 3.05) is 26.9 Å². The Morgan fingerprint density at radius 1 is 1.24 bits per heavy atom. The molecule has 0 unspecified atom stereocenters. The Balaban J connectivity index is 1.63. The molecule has 0 spiro atoms. The van der Waals surface area contributed by atoms with Crippen LogP contribution in [0.25, 0.3) is 0 Å². The number of likely N-dealkylation sites (tertiary alicyclic amines) is 1. The molecule has 1 aromatic rings. The van der Waals surface area contributed by atoms with Gasteiger partial charge in [0.2, 0.25) is 6.79 Å². The normalized spacial score (nSPS) is 19.0. The van der Waals surface area contributed by atoms with Crippen LogP contribution in [0.5, 0.6) is 11.5 Å². The van der Waals surface area contributed by atoms with Gasteiger partial charge in [0.1, 0.15) is 5.60 Å². The molecule has 1 fully saturated rings. The highest BCUT2D eigenvalue weighted by Gasteiger charge is 2.33. The summed E-state index contributed by atoms with van der Waals surface area (Å²) in [6.07, 6.45) is 0.394. The first kappa shape index (κ1) is 17.4. The maximum absolute atomic E-state index is 12.7. The van der Waals surface area contributed by atoms with Gasteiger partial charge in [0.15, 0.2) is 11.5 Å². The molecule has 1 saturated heterocycles. The zero-order valence-electron chi connectivity index (χ0n) is 15.1. The summed E-state index contributed by atoms with van der Waals surface area (Å²) in [5, 5.41) is 0. The number of rotatable bonds is 2. The lowest BCUT2D eigenvalue weighted by molar-refractivity contribution is 0.0279. The van der Waals surface area contributed by atoms with Crippen LogP contribution in [0.15, 0.2) is 18.2 Å². The molecule has 7 heteroatoms. The van der Waals surface area contributed by atoms with Gasteiger partial charge < -0.3 is 24.0 Å². The summed E-state index contributed by atoms with van der Waals surface area (Å²) in [6, 6.07) is 5.13. The Hall–Kier alpha value is -2.44. The molecule has 0 radical (unpaired) electrons. The van der Waals surface area contributed by atoms with Gasteiger partial charge in [0.25, 0.3) is 5.91 Å². The van der Waals surface area contributed by atoms with Crippen LogP contribution in [0.2, 0.25) is 0 Å². The Labute approximate surface area is 147 Å². The van der Waals surface area contributed by atoms with E-state index in [1.54, 1.807) is 35.0 Å². The average Bonchev–Trinajstić information content (AvgIpc) is 3.20. The van der Waals surface area contributed by atoms with E-state index >= 15 is 0 Å². The highest BCUT2D eigenvalue weighted by molar-refractivity contribution is 5.95. The topological polar surface area (TPSA) is 68.3 Å². The standard InChI is InChI=1S/C18H24N2O5/c1-18(2,3)25-17(22)20-8-7-13(10-20)19(4)16(21)12-5-6-14-15(9-12)24-11-23-14/h5-6,9,13H,7-8,10-11H2,1-4H3/t13-/m0/s1. The SMILES string of the molecule is CN(C(=O)c1ccc2c(c1)OCO2)[C@H]1CCN(C(=O)OC(C)(C)C)C1. The maximum Gasteiger partial charge on any atom is 0.410 e. The van der Waals surface area contributed by atoms with Gasteiger partial charge in [-0.05, 0) is 45.4 Å². The zero-order valence-corrected chi connectivity index (χ0v) is 15.1. The molecular weight excluding hydrogens is 324 g/mol. The highest BCUT2D eigenvalue weighted by atomic mass is 16.7. The summed E-state index contributed by atoms with van der Waals surface area (Å²) in [5.41, 5.74) is 0.0195. The van der Waals surface area contributed by atoms with Crippen LogP contribution in [-0.2, 0) is 4.74 Å². The molecule has 2 aliphatic rings. The van der Waals surface area contributed by atoms with E-state index in [0.717, 1.165) is 6.42 Å².